The van der Waals surface area contributed by atoms with Gasteiger partial charge in [0.05, 0.1) is 34.0 Å². The predicted octanol–water partition coefficient (Wildman–Crippen LogP) is 5.22. The largest absolute Gasteiger partial charge is 0.463 e. The van der Waals surface area contributed by atoms with E-state index < -0.39 is 17.9 Å². The SMILES string of the molecule is CON(C(=O)O)C(=O)c1ccc(C(=O)Nc2c(Cl)cncc2Cl)c2c1oc1ccccc12. The first-order chi connectivity index (χ1) is 15.3. The number of furan rings is 1. The third-order valence-electron chi connectivity index (χ3n) is 4.63. The number of nitrogens with one attached hydrogen (secondary N) is 1. The zero-order valence-corrected chi connectivity index (χ0v) is 17.8. The molecule has 0 aliphatic rings. The Kier molecular flexibility index (Phi) is 5.70. The fourth-order valence-electron chi connectivity index (χ4n) is 3.25. The van der Waals surface area contributed by atoms with E-state index in [2.05, 4.69) is 15.1 Å². The minimum atomic E-state index is -1.61. The van der Waals surface area contributed by atoms with Gasteiger partial charge in [-0.3, -0.25) is 19.4 Å². The third-order valence-corrected chi connectivity index (χ3v) is 5.21. The van der Waals surface area contributed by atoms with Crippen molar-refractivity contribution in [1.29, 1.82) is 0 Å². The van der Waals surface area contributed by atoms with Gasteiger partial charge in [-0.2, -0.15) is 0 Å². The molecule has 162 valence electrons. The lowest BCUT2D eigenvalue weighted by molar-refractivity contribution is -0.0731. The third kappa shape index (κ3) is 3.62. The number of fused-ring (bicyclic) bond motifs is 3. The van der Waals surface area contributed by atoms with Crippen molar-refractivity contribution in [2.75, 3.05) is 12.4 Å². The van der Waals surface area contributed by atoms with E-state index in [1.165, 1.54) is 24.5 Å². The lowest BCUT2D eigenvalue weighted by Crippen LogP contribution is -2.34. The zero-order chi connectivity index (χ0) is 23.0. The second-order valence-electron chi connectivity index (χ2n) is 6.46. The van der Waals surface area contributed by atoms with Gasteiger partial charge in [0, 0.05) is 23.2 Å². The maximum absolute atomic E-state index is 13.1. The summed E-state index contributed by atoms with van der Waals surface area (Å²) in [4.78, 5) is 45.8. The topological polar surface area (TPSA) is 122 Å². The molecule has 9 nitrogen and oxygen atoms in total. The fourth-order valence-corrected chi connectivity index (χ4v) is 3.71. The first-order valence-corrected chi connectivity index (χ1v) is 9.75. The number of nitrogens with zero attached hydrogens (tertiary/aromatic N) is 2. The summed E-state index contributed by atoms with van der Waals surface area (Å²) in [6.45, 7) is 0. The minimum Gasteiger partial charge on any atom is -0.463 e. The Balaban J connectivity index is 1.91. The molecular formula is C21H13Cl2N3O6. The van der Waals surface area contributed by atoms with E-state index in [1.54, 1.807) is 24.3 Å². The highest BCUT2D eigenvalue weighted by Gasteiger charge is 2.28. The summed E-state index contributed by atoms with van der Waals surface area (Å²) in [7, 11) is 1.05. The van der Waals surface area contributed by atoms with Gasteiger partial charge in [-0.15, -0.1) is 5.06 Å². The summed E-state index contributed by atoms with van der Waals surface area (Å²) in [5.74, 6) is -1.55. The van der Waals surface area contributed by atoms with E-state index in [0.29, 0.717) is 16.4 Å². The van der Waals surface area contributed by atoms with Crippen LogP contribution in [-0.4, -0.2) is 40.2 Å². The number of carbonyl (C=O) groups excluding carboxylic acids is 2. The van der Waals surface area contributed by atoms with Gasteiger partial charge >= 0.3 is 6.09 Å². The van der Waals surface area contributed by atoms with E-state index in [-0.39, 0.29) is 37.5 Å². The first kappa shape index (κ1) is 21.6. The molecule has 2 aromatic carbocycles. The zero-order valence-electron chi connectivity index (χ0n) is 16.3. The van der Waals surface area contributed by atoms with Gasteiger partial charge in [0.15, 0.2) is 0 Å². The van der Waals surface area contributed by atoms with E-state index in [9.17, 15) is 19.5 Å². The number of rotatable bonds is 4. The number of amides is 3. The number of halogens is 2. The predicted molar refractivity (Wildman–Crippen MR) is 117 cm³/mol. The normalized spacial score (nSPS) is 11.0. The minimum absolute atomic E-state index is 0.0269. The van der Waals surface area contributed by atoms with Crippen LogP contribution in [0.2, 0.25) is 10.0 Å². The summed E-state index contributed by atoms with van der Waals surface area (Å²) < 4.78 is 5.83. The van der Waals surface area contributed by atoms with Gasteiger partial charge < -0.3 is 14.8 Å². The van der Waals surface area contributed by atoms with Crippen LogP contribution in [0.3, 0.4) is 0 Å². The molecule has 0 spiro atoms. The summed E-state index contributed by atoms with van der Waals surface area (Å²) >= 11 is 12.2. The van der Waals surface area contributed by atoms with E-state index >= 15 is 0 Å². The summed E-state index contributed by atoms with van der Waals surface area (Å²) in [5.41, 5.74) is 0.655. The van der Waals surface area contributed by atoms with Crippen LogP contribution >= 0.6 is 23.2 Å². The van der Waals surface area contributed by atoms with Gasteiger partial charge in [-0.05, 0) is 18.2 Å². The van der Waals surface area contributed by atoms with Crippen molar-refractivity contribution >= 4 is 68.7 Å². The molecule has 0 fully saturated rings. The number of hydrogen-bond donors (Lipinski definition) is 2. The molecule has 0 atom stereocenters. The van der Waals surface area contributed by atoms with Gasteiger partial charge in [-0.25, -0.2) is 4.79 Å². The number of carboxylic acid groups (broad SMARTS) is 1. The Bertz CT molecular complexity index is 1380. The number of carbonyl (C=O) groups is 3. The molecule has 2 N–H and O–H groups in total. The highest BCUT2D eigenvalue weighted by atomic mass is 35.5. The molecule has 32 heavy (non-hydrogen) atoms. The molecule has 0 saturated heterocycles. The van der Waals surface area contributed by atoms with Crippen LogP contribution in [0, 0.1) is 0 Å². The Labute approximate surface area is 190 Å². The Morgan fingerprint density at radius 2 is 1.72 bits per heavy atom. The number of imide groups is 1. The number of hydrogen-bond acceptors (Lipinski definition) is 6. The molecular weight excluding hydrogens is 461 g/mol. The number of anilines is 1. The second kappa shape index (κ2) is 8.46. The highest BCUT2D eigenvalue weighted by molar-refractivity contribution is 6.40. The average Bonchev–Trinajstić information content (AvgIpc) is 3.15. The number of pyridine rings is 1. The molecule has 4 aromatic rings. The molecule has 0 bridgehead atoms. The van der Waals surface area contributed by atoms with E-state index in [0.717, 1.165) is 7.11 Å². The van der Waals surface area contributed by atoms with Crippen molar-refractivity contribution in [3.05, 3.63) is 70.0 Å². The summed E-state index contributed by atoms with van der Waals surface area (Å²) in [6.07, 6.45) is 1.06. The van der Waals surface area contributed by atoms with Crippen molar-refractivity contribution in [3.63, 3.8) is 0 Å². The van der Waals surface area contributed by atoms with Crippen LogP contribution in [0.1, 0.15) is 20.7 Å². The van der Waals surface area contributed by atoms with Gasteiger partial charge in [-0.1, -0.05) is 41.4 Å². The molecule has 3 amide bonds. The van der Waals surface area contributed by atoms with E-state index in [1.807, 2.05) is 0 Å². The lowest BCUT2D eigenvalue weighted by atomic mass is 10.0. The molecule has 2 aromatic heterocycles. The van der Waals surface area contributed by atoms with Crippen LogP contribution in [0.5, 0.6) is 0 Å². The Morgan fingerprint density at radius 1 is 1.06 bits per heavy atom. The maximum atomic E-state index is 13.1. The quantitative estimate of drug-likeness (QED) is 0.389. The molecule has 0 aliphatic heterocycles. The number of benzene rings is 2. The summed E-state index contributed by atoms with van der Waals surface area (Å²) in [6, 6.07) is 9.50. The van der Waals surface area contributed by atoms with Crippen molar-refractivity contribution in [2.45, 2.75) is 0 Å². The first-order valence-electron chi connectivity index (χ1n) is 8.99. The number of hydroxylamine groups is 2. The standard InChI is InChI=1S/C21H13Cl2N3O6/c1-31-26(21(29)30)20(28)12-7-6-11(16-10-4-2-3-5-15(10)32-18(12)16)19(27)25-17-13(22)8-24-9-14(17)23/h2-9H,1H3,(H,29,30)(H,24,25,27). The molecule has 4 rings (SSSR count). The van der Waals surface area contributed by atoms with Crippen LogP contribution in [0.25, 0.3) is 21.9 Å². The molecule has 2 heterocycles. The Hall–Kier alpha value is -3.66. The van der Waals surface area contributed by atoms with Crippen LogP contribution in [-0.2, 0) is 4.84 Å². The van der Waals surface area contributed by atoms with Gasteiger partial charge in [0.25, 0.3) is 11.8 Å². The molecule has 0 radical (unpaired) electrons. The van der Waals surface area contributed by atoms with Crippen LogP contribution in [0.15, 0.2) is 53.2 Å². The molecule has 0 saturated carbocycles. The molecule has 0 aliphatic carbocycles. The van der Waals surface area contributed by atoms with Crippen LogP contribution < -0.4 is 5.32 Å². The monoisotopic (exact) mass is 473 g/mol. The van der Waals surface area contributed by atoms with Crippen molar-refractivity contribution in [1.82, 2.24) is 10.0 Å². The number of aromatic nitrogens is 1. The fraction of sp³-hybridized carbons (Fsp3) is 0.0476. The number of para-hydroxylation sites is 1. The van der Waals surface area contributed by atoms with Crippen molar-refractivity contribution in [3.8, 4) is 0 Å². The molecule has 11 heteroatoms. The highest BCUT2D eigenvalue weighted by Crippen LogP contribution is 2.35. The lowest BCUT2D eigenvalue weighted by Gasteiger charge is -2.14. The van der Waals surface area contributed by atoms with Crippen molar-refractivity contribution < 1.29 is 28.7 Å². The second-order valence-corrected chi connectivity index (χ2v) is 7.27. The Morgan fingerprint density at radius 3 is 2.38 bits per heavy atom. The maximum Gasteiger partial charge on any atom is 0.439 e. The smallest absolute Gasteiger partial charge is 0.439 e. The van der Waals surface area contributed by atoms with Crippen molar-refractivity contribution in [2.24, 2.45) is 0 Å². The van der Waals surface area contributed by atoms with E-state index in [4.69, 9.17) is 27.6 Å². The van der Waals surface area contributed by atoms with Crippen LogP contribution in [0.4, 0.5) is 10.5 Å². The van der Waals surface area contributed by atoms with Gasteiger partial charge in [0.2, 0.25) is 0 Å². The van der Waals surface area contributed by atoms with Gasteiger partial charge in [0.1, 0.15) is 11.2 Å². The average molecular weight is 474 g/mol. The molecule has 0 unspecified atom stereocenters. The summed E-state index contributed by atoms with van der Waals surface area (Å²) in [5, 5.41) is 13.2.